The maximum Gasteiger partial charge on any atom is 0.191 e. The largest absolute Gasteiger partial charge is 0.356 e. The van der Waals surface area contributed by atoms with Gasteiger partial charge >= 0.3 is 0 Å². The van der Waals surface area contributed by atoms with Gasteiger partial charge in [0.1, 0.15) is 0 Å². The number of nitrogens with one attached hydrogen (secondary N) is 2. The molecule has 1 aromatic carbocycles. The third-order valence-electron chi connectivity index (χ3n) is 4.18. The van der Waals surface area contributed by atoms with Crippen LogP contribution in [0.25, 0.3) is 0 Å². The minimum absolute atomic E-state index is 0.105. The zero-order valence-electron chi connectivity index (χ0n) is 16.7. The molecule has 0 saturated carbocycles. The van der Waals surface area contributed by atoms with E-state index < -0.39 is 9.84 Å². The molecule has 0 saturated heterocycles. The molecule has 1 unspecified atom stereocenters. The predicted molar refractivity (Wildman–Crippen MR) is 111 cm³/mol. The minimum atomic E-state index is -3.08. The fourth-order valence-corrected chi connectivity index (χ4v) is 4.16. The Bertz CT molecular complexity index is 628. The quantitative estimate of drug-likeness (QED) is 0.350. The van der Waals surface area contributed by atoms with Gasteiger partial charge < -0.3 is 10.6 Å². The lowest BCUT2D eigenvalue weighted by Gasteiger charge is -2.18. The van der Waals surface area contributed by atoms with E-state index in [9.17, 15) is 8.42 Å². The Labute approximate surface area is 159 Å². The Morgan fingerprint density at radius 2 is 1.77 bits per heavy atom. The van der Waals surface area contributed by atoms with Crippen molar-refractivity contribution in [2.75, 3.05) is 19.3 Å². The van der Waals surface area contributed by atoms with E-state index in [1.54, 1.807) is 7.05 Å². The highest BCUT2D eigenvalue weighted by molar-refractivity contribution is 7.90. The number of hydrogen-bond donors (Lipinski definition) is 2. The Morgan fingerprint density at radius 1 is 1.08 bits per heavy atom. The van der Waals surface area contributed by atoms with Crippen LogP contribution in [0.3, 0.4) is 0 Å². The SMILES string of the molecule is CN=C(NCCCS(=O)(=O)Cc1ccccc1)NC(C)CCCC(C)C. The molecule has 0 heterocycles. The van der Waals surface area contributed by atoms with Gasteiger partial charge in [0.15, 0.2) is 15.8 Å². The van der Waals surface area contributed by atoms with Crippen LogP contribution in [-0.4, -0.2) is 39.8 Å². The average molecular weight is 382 g/mol. The average Bonchev–Trinajstić information content (AvgIpc) is 2.57. The first-order valence-corrected chi connectivity index (χ1v) is 11.4. The van der Waals surface area contributed by atoms with Crippen molar-refractivity contribution >= 4 is 15.8 Å². The summed E-state index contributed by atoms with van der Waals surface area (Å²) in [6, 6.07) is 9.67. The second-order valence-electron chi connectivity index (χ2n) is 7.30. The first kappa shape index (κ1) is 22.5. The van der Waals surface area contributed by atoms with Gasteiger partial charge in [-0.2, -0.15) is 0 Å². The standard InChI is InChI=1S/C20H35N3O2S/c1-17(2)10-8-11-18(3)23-20(21-4)22-14-9-15-26(24,25)16-19-12-6-5-7-13-19/h5-7,12-13,17-18H,8-11,14-16H2,1-4H3,(H2,21,22,23). The smallest absolute Gasteiger partial charge is 0.191 e. The van der Waals surface area contributed by atoms with Gasteiger partial charge in [0.25, 0.3) is 0 Å². The van der Waals surface area contributed by atoms with Gasteiger partial charge in [0.2, 0.25) is 0 Å². The Hall–Kier alpha value is -1.56. The van der Waals surface area contributed by atoms with Crippen molar-refractivity contribution < 1.29 is 8.42 Å². The lowest BCUT2D eigenvalue weighted by molar-refractivity contribution is 0.491. The fraction of sp³-hybridized carbons (Fsp3) is 0.650. The van der Waals surface area contributed by atoms with Crippen LogP contribution in [0.5, 0.6) is 0 Å². The van der Waals surface area contributed by atoms with Crippen molar-refractivity contribution in [2.45, 2.75) is 58.2 Å². The Kier molecular flexibility index (Phi) is 10.3. The van der Waals surface area contributed by atoms with Crippen LogP contribution in [0.2, 0.25) is 0 Å². The molecule has 1 rings (SSSR count). The molecular formula is C20H35N3O2S. The summed E-state index contributed by atoms with van der Waals surface area (Å²) in [4.78, 5) is 4.22. The highest BCUT2D eigenvalue weighted by Crippen LogP contribution is 2.08. The molecule has 148 valence electrons. The monoisotopic (exact) mass is 381 g/mol. The van der Waals surface area contributed by atoms with Crippen LogP contribution >= 0.6 is 0 Å². The topological polar surface area (TPSA) is 70.6 Å². The van der Waals surface area contributed by atoms with E-state index in [4.69, 9.17) is 0 Å². The summed E-state index contributed by atoms with van der Waals surface area (Å²) >= 11 is 0. The molecule has 6 heteroatoms. The van der Waals surface area contributed by atoms with Gasteiger partial charge in [-0.1, -0.05) is 57.0 Å². The Balaban J connectivity index is 2.27. The first-order chi connectivity index (χ1) is 12.3. The number of aliphatic imine (C=N–C) groups is 1. The lowest BCUT2D eigenvalue weighted by atomic mass is 10.0. The van der Waals surface area contributed by atoms with E-state index >= 15 is 0 Å². The third-order valence-corrected chi connectivity index (χ3v) is 5.86. The second kappa shape index (κ2) is 11.9. The van der Waals surface area contributed by atoms with Gasteiger partial charge in [-0.05, 0) is 31.2 Å². The molecule has 0 aliphatic carbocycles. The molecule has 0 aliphatic heterocycles. The van der Waals surface area contributed by atoms with E-state index in [2.05, 4.69) is 36.4 Å². The van der Waals surface area contributed by atoms with Crippen LogP contribution in [0.15, 0.2) is 35.3 Å². The van der Waals surface area contributed by atoms with Crippen LogP contribution in [0, 0.1) is 5.92 Å². The summed E-state index contributed by atoms with van der Waals surface area (Å²) in [5.41, 5.74) is 0.841. The van der Waals surface area contributed by atoms with Crippen LogP contribution in [0.4, 0.5) is 0 Å². The van der Waals surface area contributed by atoms with Gasteiger partial charge in [-0.25, -0.2) is 8.42 Å². The van der Waals surface area contributed by atoms with Crippen molar-refractivity contribution in [1.29, 1.82) is 0 Å². The summed E-state index contributed by atoms with van der Waals surface area (Å²) in [6.07, 6.45) is 4.10. The molecule has 0 aliphatic rings. The van der Waals surface area contributed by atoms with Crippen molar-refractivity contribution in [1.82, 2.24) is 10.6 Å². The van der Waals surface area contributed by atoms with E-state index in [0.717, 1.165) is 23.9 Å². The highest BCUT2D eigenvalue weighted by atomic mass is 32.2. The van der Waals surface area contributed by atoms with Gasteiger partial charge in [-0.15, -0.1) is 0 Å². The molecule has 2 N–H and O–H groups in total. The molecular weight excluding hydrogens is 346 g/mol. The van der Waals surface area contributed by atoms with Crippen LogP contribution in [0.1, 0.15) is 52.0 Å². The normalized spacial score (nSPS) is 13.7. The summed E-state index contributed by atoms with van der Waals surface area (Å²) in [6.45, 7) is 7.22. The first-order valence-electron chi connectivity index (χ1n) is 9.54. The van der Waals surface area contributed by atoms with E-state index in [-0.39, 0.29) is 11.5 Å². The molecule has 1 aromatic rings. The molecule has 0 spiro atoms. The van der Waals surface area contributed by atoms with Crippen molar-refractivity contribution in [2.24, 2.45) is 10.9 Å². The molecule has 1 atom stereocenters. The Morgan fingerprint density at radius 3 is 2.38 bits per heavy atom. The fourth-order valence-electron chi connectivity index (χ4n) is 2.73. The second-order valence-corrected chi connectivity index (χ2v) is 9.48. The maximum absolute atomic E-state index is 12.2. The van der Waals surface area contributed by atoms with E-state index in [0.29, 0.717) is 19.0 Å². The lowest BCUT2D eigenvalue weighted by Crippen LogP contribution is -2.42. The van der Waals surface area contributed by atoms with Gasteiger partial charge in [-0.3, -0.25) is 4.99 Å². The molecule has 0 fully saturated rings. The number of hydrogen-bond acceptors (Lipinski definition) is 3. The van der Waals surface area contributed by atoms with E-state index in [1.165, 1.54) is 12.8 Å². The molecule has 0 bridgehead atoms. The van der Waals surface area contributed by atoms with E-state index in [1.807, 2.05) is 30.3 Å². The highest BCUT2D eigenvalue weighted by Gasteiger charge is 2.12. The van der Waals surface area contributed by atoms with Crippen LogP contribution < -0.4 is 10.6 Å². The molecule has 5 nitrogen and oxygen atoms in total. The summed E-state index contributed by atoms with van der Waals surface area (Å²) in [7, 11) is -1.34. The zero-order chi connectivity index (χ0) is 19.4. The van der Waals surface area contributed by atoms with Crippen molar-refractivity contribution in [3.63, 3.8) is 0 Å². The number of nitrogens with zero attached hydrogens (tertiary/aromatic N) is 1. The number of sulfone groups is 1. The van der Waals surface area contributed by atoms with Crippen LogP contribution in [-0.2, 0) is 15.6 Å². The zero-order valence-corrected chi connectivity index (χ0v) is 17.5. The van der Waals surface area contributed by atoms with Crippen molar-refractivity contribution in [3.05, 3.63) is 35.9 Å². The van der Waals surface area contributed by atoms with Gasteiger partial charge in [0.05, 0.1) is 11.5 Å². The number of guanidine groups is 1. The molecule has 0 aromatic heterocycles. The predicted octanol–water partition coefficient (Wildman–Crippen LogP) is 3.37. The summed E-state index contributed by atoms with van der Waals surface area (Å²) in [5.74, 6) is 1.75. The summed E-state index contributed by atoms with van der Waals surface area (Å²) in [5, 5.41) is 6.58. The molecule has 0 amide bonds. The summed E-state index contributed by atoms with van der Waals surface area (Å²) < 4.78 is 24.4. The van der Waals surface area contributed by atoms with Gasteiger partial charge in [0, 0.05) is 19.6 Å². The third kappa shape index (κ3) is 10.4. The number of rotatable bonds is 11. The molecule has 26 heavy (non-hydrogen) atoms. The number of benzene rings is 1. The maximum atomic E-state index is 12.2. The molecule has 0 radical (unpaired) electrons. The van der Waals surface area contributed by atoms with Crippen molar-refractivity contribution in [3.8, 4) is 0 Å². The minimum Gasteiger partial charge on any atom is -0.356 e.